The monoisotopic (exact) mass is 669 g/mol. The van der Waals surface area contributed by atoms with Gasteiger partial charge in [-0.3, -0.25) is 10.2 Å². The summed E-state index contributed by atoms with van der Waals surface area (Å²) in [4.78, 5) is 35.7. The van der Waals surface area contributed by atoms with Gasteiger partial charge in [0.15, 0.2) is 0 Å². The molecule has 5 rings (SSSR count). The quantitative estimate of drug-likeness (QED) is 0.0684. The summed E-state index contributed by atoms with van der Waals surface area (Å²) in [6.45, 7) is -0.127. The van der Waals surface area contributed by atoms with E-state index in [0.717, 1.165) is 5.56 Å². The van der Waals surface area contributed by atoms with Gasteiger partial charge >= 0.3 is 18.1 Å². The Labute approximate surface area is 279 Å². The first-order valence-electron chi connectivity index (χ1n) is 14.6. The van der Waals surface area contributed by atoms with Gasteiger partial charge in [-0.25, -0.2) is 9.59 Å². The molecule has 0 saturated heterocycles. The van der Waals surface area contributed by atoms with E-state index >= 15 is 0 Å². The molecule has 5 N–H and O–H groups in total. The molecule has 0 bridgehead atoms. The number of aromatic carboxylic acids is 1. The maximum atomic E-state index is 13.5. The predicted octanol–water partition coefficient (Wildman–Crippen LogP) is 7.46. The third-order valence-electron chi connectivity index (χ3n) is 6.84. The number of ether oxygens (including phenoxy) is 2. The predicted molar refractivity (Wildman–Crippen MR) is 177 cm³/mol. The van der Waals surface area contributed by atoms with E-state index < -0.39 is 24.0 Å². The number of carboxylic acids is 1. The highest BCUT2D eigenvalue weighted by atomic mass is 19.4. The van der Waals surface area contributed by atoms with E-state index in [0.29, 0.717) is 33.7 Å². The Morgan fingerprint density at radius 1 is 0.714 bits per heavy atom. The van der Waals surface area contributed by atoms with Crippen molar-refractivity contribution in [3.05, 3.63) is 155 Å². The third kappa shape index (κ3) is 10.0. The van der Waals surface area contributed by atoms with E-state index in [1.54, 1.807) is 91.0 Å². The second kappa shape index (κ2) is 16.4. The number of amidine groups is 1. The van der Waals surface area contributed by atoms with Crippen molar-refractivity contribution >= 4 is 29.4 Å². The summed E-state index contributed by atoms with van der Waals surface area (Å²) in [6.07, 6.45) is -4.92. The number of amides is 1. The molecule has 0 aliphatic carbocycles. The first kappa shape index (κ1) is 35.4. The Bertz CT molecular complexity index is 1920. The number of hydrogen-bond acceptors (Lipinski definition) is 6. The number of halogens is 3. The Kier molecular flexibility index (Phi) is 11.9. The summed E-state index contributed by atoms with van der Waals surface area (Å²) in [5.74, 6) is -3.47. The van der Waals surface area contributed by atoms with Crippen molar-refractivity contribution in [2.24, 2.45) is 5.73 Å². The number of rotatable bonds is 10. The van der Waals surface area contributed by atoms with E-state index in [-0.39, 0.29) is 30.2 Å². The Morgan fingerprint density at radius 3 is 1.84 bits per heavy atom. The molecule has 0 spiro atoms. The van der Waals surface area contributed by atoms with Crippen molar-refractivity contribution in [2.45, 2.75) is 19.4 Å². The van der Waals surface area contributed by atoms with Crippen molar-refractivity contribution in [3.8, 4) is 16.9 Å². The highest BCUT2D eigenvalue weighted by Crippen LogP contribution is 2.34. The summed E-state index contributed by atoms with van der Waals surface area (Å²) in [7, 11) is 0. The fourth-order valence-electron chi connectivity index (χ4n) is 4.48. The lowest BCUT2D eigenvalue weighted by molar-refractivity contribution is -0.201. The molecule has 250 valence electrons. The van der Waals surface area contributed by atoms with Gasteiger partial charge in [0, 0.05) is 11.3 Å². The normalized spacial score (nSPS) is 10.6. The van der Waals surface area contributed by atoms with Crippen LogP contribution in [0.1, 0.15) is 37.4 Å². The SMILES string of the molecule is N=C(N)c1ccc(NC(=O)c2c(OCc3ccccc3)cccc2-c2ccccc2C(=O)O)cc1.O=C(OCc1ccccc1)C(F)(F)F. The molecule has 0 heterocycles. The van der Waals surface area contributed by atoms with Gasteiger partial charge in [-0.15, -0.1) is 0 Å². The van der Waals surface area contributed by atoms with E-state index in [2.05, 4.69) is 10.1 Å². The number of carbonyl (C=O) groups excluding carboxylic acids is 2. The van der Waals surface area contributed by atoms with Crippen LogP contribution >= 0.6 is 0 Å². The van der Waals surface area contributed by atoms with E-state index in [9.17, 15) is 32.7 Å². The molecule has 5 aromatic rings. The van der Waals surface area contributed by atoms with Crippen molar-refractivity contribution in [1.82, 2.24) is 0 Å². The molecule has 0 atom stereocenters. The molecule has 0 radical (unpaired) electrons. The molecule has 0 aromatic heterocycles. The smallest absolute Gasteiger partial charge is 0.488 e. The van der Waals surface area contributed by atoms with Gasteiger partial charge < -0.3 is 25.6 Å². The van der Waals surface area contributed by atoms with E-state index in [1.165, 1.54) is 6.07 Å². The van der Waals surface area contributed by atoms with E-state index in [1.807, 2.05) is 30.3 Å². The summed E-state index contributed by atoms with van der Waals surface area (Å²) in [5.41, 5.74) is 9.12. The highest BCUT2D eigenvalue weighted by molar-refractivity contribution is 6.12. The first-order valence-corrected chi connectivity index (χ1v) is 14.6. The van der Waals surface area contributed by atoms with Crippen molar-refractivity contribution in [2.75, 3.05) is 5.32 Å². The van der Waals surface area contributed by atoms with Crippen LogP contribution in [-0.2, 0) is 22.7 Å². The molecule has 12 heteroatoms. The molecule has 0 fully saturated rings. The Balaban J connectivity index is 0.000000324. The van der Waals surface area contributed by atoms with Crippen LogP contribution in [0.15, 0.2) is 127 Å². The molecule has 0 aliphatic heterocycles. The van der Waals surface area contributed by atoms with Gasteiger partial charge in [-0.1, -0.05) is 91.0 Å². The largest absolute Gasteiger partial charge is 0.490 e. The zero-order valence-corrected chi connectivity index (χ0v) is 25.7. The van der Waals surface area contributed by atoms with Crippen molar-refractivity contribution in [3.63, 3.8) is 0 Å². The number of nitrogens with two attached hydrogens (primary N) is 1. The molecule has 0 saturated carbocycles. The average molecular weight is 670 g/mol. The van der Waals surface area contributed by atoms with Gasteiger partial charge in [0.05, 0.1) is 11.1 Å². The lowest BCUT2D eigenvalue weighted by Crippen LogP contribution is -2.25. The summed E-state index contributed by atoms with van der Waals surface area (Å²) >= 11 is 0. The zero-order valence-electron chi connectivity index (χ0n) is 25.7. The van der Waals surface area contributed by atoms with Crippen LogP contribution in [0.5, 0.6) is 5.75 Å². The first-order chi connectivity index (χ1) is 23.4. The molecule has 5 aromatic carbocycles. The zero-order chi connectivity index (χ0) is 35.4. The minimum atomic E-state index is -4.92. The van der Waals surface area contributed by atoms with Gasteiger partial charge in [0.25, 0.3) is 5.91 Å². The lowest BCUT2D eigenvalue weighted by atomic mass is 9.94. The molecule has 0 aliphatic rings. The number of carboxylic acid groups (broad SMARTS) is 1. The maximum absolute atomic E-state index is 13.5. The minimum absolute atomic E-state index is 0.0740. The Hall–Kier alpha value is -6.43. The number of alkyl halides is 3. The van der Waals surface area contributed by atoms with Crippen LogP contribution in [0.4, 0.5) is 18.9 Å². The van der Waals surface area contributed by atoms with Crippen LogP contribution in [-0.4, -0.2) is 35.0 Å². The minimum Gasteiger partial charge on any atom is -0.488 e. The van der Waals surface area contributed by atoms with Crippen LogP contribution < -0.4 is 15.8 Å². The number of benzene rings is 5. The van der Waals surface area contributed by atoms with Gasteiger partial charge in [0.1, 0.15) is 24.8 Å². The number of anilines is 1. The highest BCUT2D eigenvalue weighted by Gasteiger charge is 2.40. The second-order valence-corrected chi connectivity index (χ2v) is 10.3. The Morgan fingerprint density at radius 2 is 1.27 bits per heavy atom. The number of hydrogen-bond donors (Lipinski definition) is 4. The molecule has 1 amide bonds. The van der Waals surface area contributed by atoms with Crippen LogP contribution in [0.2, 0.25) is 0 Å². The second-order valence-electron chi connectivity index (χ2n) is 10.3. The fourth-order valence-corrected chi connectivity index (χ4v) is 4.48. The van der Waals surface area contributed by atoms with Crippen molar-refractivity contribution in [1.29, 1.82) is 5.41 Å². The van der Waals surface area contributed by atoms with Crippen LogP contribution in [0.3, 0.4) is 0 Å². The third-order valence-corrected chi connectivity index (χ3v) is 6.84. The summed E-state index contributed by atoms with van der Waals surface area (Å²) in [6, 6.07) is 35.9. The lowest BCUT2D eigenvalue weighted by Gasteiger charge is -2.17. The van der Waals surface area contributed by atoms with Crippen molar-refractivity contribution < 1.29 is 42.1 Å². The molecule has 49 heavy (non-hydrogen) atoms. The molecule has 9 nitrogen and oxygen atoms in total. The van der Waals surface area contributed by atoms with Gasteiger partial charge in [-0.2, -0.15) is 13.2 Å². The number of carbonyl (C=O) groups is 3. The summed E-state index contributed by atoms with van der Waals surface area (Å²) < 4.78 is 45.1. The topological polar surface area (TPSA) is 152 Å². The van der Waals surface area contributed by atoms with Crippen LogP contribution in [0.25, 0.3) is 11.1 Å². The maximum Gasteiger partial charge on any atom is 0.490 e. The van der Waals surface area contributed by atoms with Gasteiger partial charge in [0.2, 0.25) is 0 Å². The fraction of sp³-hybridized carbons (Fsp3) is 0.0811. The number of nitrogens with one attached hydrogen (secondary N) is 2. The van der Waals surface area contributed by atoms with E-state index in [4.69, 9.17) is 15.9 Å². The van der Waals surface area contributed by atoms with Gasteiger partial charge in [-0.05, 0) is 58.7 Å². The standard InChI is InChI=1S/C28H23N3O4.C9H7F3O2/c29-26(30)19-13-15-20(16-14-19)31-27(32)25-22(21-9-4-5-10-23(21)28(33)34)11-6-12-24(25)35-17-18-7-2-1-3-8-18;10-9(11,12)8(13)14-6-7-4-2-1-3-5-7/h1-16H,17H2,(H3,29,30)(H,31,32)(H,33,34);1-5H,6H2. The molecular weight excluding hydrogens is 639 g/mol. The average Bonchev–Trinajstić information content (AvgIpc) is 3.10. The molecular formula is C37H30F3N3O6. The van der Waals surface area contributed by atoms with Crippen LogP contribution in [0, 0.1) is 5.41 Å². The number of nitrogen functional groups attached to an aromatic ring is 1. The summed E-state index contributed by atoms with van der Waals surface area (Å²) in [5, 5.41) is 20.1. The number of esters is 1. The molecule has 0 unspecified atom stereocenters.